The summed E-state index contributed by atoms with van der Waals surface area (Å²) in [5, 5.41) is 6.70. The van der Waals surface area contributed by atoms with Gasteiger partial charge in [-0.3, -0.25) is 9.59 Å². The van der Waals surface area contributed by atoms with Crippen molar-refractivity contribution < 1.29 is 18.5 Å². The number of rotatable bonds is 6. The molecule has 0 unspecified atom stereocenters. The van der Waals surface area contributed by atoms with E-state index in [9.17, 15) is 9.59 Å². The van der Waals surface area contributed by atoms with Crippen LogP contribution in [0.15, 0.2) is 33.4 Å². The van der Waals surface area contributed by atoms with Crippen LogP contribution in [0.4, 0.5) is 0 Å². The Balaban J connectivity index is 1.68. The van der Waals surface area contributed by atoms with Crippen LogP contribution in [0.25, 0.3) is 11.5 Å². The summed E-state index contributed by atoms with van der Waals surface area (Å²) in [5.41, 5.74) is 0.176. The van der Waals surface area contributed by atoms with E-state index in [0.717, 1.165) is 12.8 Å². The number of nitrogens with one attached hydrogen (secondary N) is 1. The summed E-state index contributed by atoms with van der Waals surface area (Å²) < 4.78 is 10.4. The van der Waals surface area contributed by atoms with E-state index in [1.54, 1.807) is 23.9 Å². The predicted octanol–water partition coefficient (Wildman–Crippen LogP) is 2.37. The van der Waals surface area contributed by atoms with Gasteiger partial charge in [0.1, 0.15) is 6.04 Å². The van der Waals surface area contributed by atoms with Gasteiger partial charge in [-0.1, -0.05) is 18.5 Å². The van der Waals surface area contributed by atoms with E-state index in [0.29, 0.717) is 29.7 Å². The van der Waals surface area contributed by atoms with Gasteiger partial charge in [-0.2, -0.15) is 0 Å². The first-order valence-corrected chi connectivity index (χ1v) is 9.03. The SMILES string of the molecule is CCCCNC(=O)[C@@H]1CSCN1C(=O)c1cc(-c2ccco2)on1. The predicted molar refractivity (Wildman–Crippen MR) is 89.4 cm³/mol. The summed E-state index contributed by atoms with van der Waals surface area (Å²) in [5.74, 6) is 1.53. The molecule has 24 heavy (non-hydrogen) atoms. The van der Waals surface area contributed by atoms with Crippen LogP contribution in [0.5, 0.6) is 0 Å². The van der Waals surface area contributed by atoms with Gasteiger partial charge in [-0.25, -0.2) is 0 Å². The topological polar surface area (TPSA) is 88.6 Å². The van der Waals surface area contributed by atoms with Crippen molar-refractivity contribution in [2.24, 2.45) is 0 Å². The molecule has 2 aromatic rings. The lowest BCUT2D eigenvalue weighted by atomic mass is 10.2. The molecule has 1 atom stereocenters. The van der Waals surface area contributed by atoms with Crippen molar-refractivity contribution in [2.75, 3.05) is 18.2 Å². The Morgan fingerprint density at radius 3 is 3.08 bits per heavy atom. The summed E-state index contributed by atoms with van der Waals surface area (Å²) in [6.45, 7) is 2.69. The van der Waals surface area contributed by atoms with E-state index in [-0.39, 0.29) is 17.5 Å². The molecule has 0 spiro atoms. The summed E-state index contributed by atoms with van der Waals surface area (Å²) in [6.07, 6.45) is 3.46. The van der Waals surface area contributed by atoms with Crippen LogP contribution in [0.1, 0.15) is 30.3 Å². The number of aromatic nitrogens is 1. The van der Waals surface area contributed by atoms with E-state index in [4.69, 9.17) is 8.94 Å². The number of carbonyl (C=O) groups is 2. The lowest BCUT2D eigenvalue weighted by Crippen LogP contribution is -2.47. The first-order chi connectivity index (χ1) is 11.7. The minimum Gasteiger partial charge on any atom is -0.461 e. The van der Waals surface area contributed by atoms with E-state index in [1.165, 1.54) is 17.2 Å². The molecule has 2 aromatic heterocycles. The maximum absolute atomic E-state index is 12.7. The van der Waals surface area contributed by atoms with Gasteiger partial charge in [0, 0.05) is 18.4 Å². The van der Waals surface area contributed by atoms with Gasteiger partial charge in [-0.15, -0.1) is 11.8 Å². The second-order valence-electron chi connectivity index (χ2n) is 5.49. The first-order valence-electron chi connectivity index (χ1n) is 7.87. The highest BCUT2D eigenvalue weighted by Gasteiger charge is 2.36. The minimum absolute atomic E-state index is 0.114. The highest BCUT2D eigenvalue weighted by Crippen LogP contribution is 2.25. The summed E-state index contributed by atoms with van der Waals surface area (Å²) in [6, 6.07) is 4.52. The van der Waals surface area contributed by atoms with Gasteiger partial charge in [0.25, 0.3) is 5.91 Å². The van der Waals surface area contributed by atoms with Crippen LogP contribution in [0.2, 0.25) is 0 Å². The van der Waals surface area contributed by atoms with Crippen molar-refractivity contribution in [1.82, 2.24) is 15.4 Å². The van der Waals surface area contributed by atoms with Gasteiger partial charge in [0.2, 0.25) is 11.7 Å². The number of unbranched alkanes of at least 4 members (excludes halogenated alkanes) is 1. The van der Waals surface area contributed by atoms with E-state index in [2.05, 4.69) is 17.4 Å². The molecule has 0 saturated carbocycles. The molecule has 1 saturated heterocycles. The highest BCUT2D eigenvalue weighted by atomic mass is 32.2. The first kappa shape index (κ1) is 16.6. The number of hydrogen-bond acceptors (Lipinski definition) is 6. The standard InChI is InChI=1S/C16H19N3O4S/c1-2-3-6-17-15(20)12-9-24-10-19(12)16(21)11-8-14(23-18-11)13-5-4-7-22-13/h4-5,7-8,12H,2-3,6,9-10H2,1H3,(H,17,20)/t12-/m0/s1. The van der Waals surface area contributed by atoms with Gasteiger partial charge in [0.05, 0.1) is 12.1 Å². The number of nitrogens with zero attached hydrogens (tertiary/aromatic N) is 2. The molecule has 1 aliphatic heterocycles. The molecule has 3 rings (SSSR count). The second-order valence-corrected chi connectivity index (χ2v) is 6.49. The second kappa shape index (κ2) is 7.57. The molecular weight excluding hydrogens is 330 g/mol. The lowest BCUT2D eigenvalue weighted by Gasteiger charge is -2.21. The fraction of sp³-hybridized carbons (Fsp3) is 0.438. The molecule has 0 aromatic carbocycles. The number of carbonyl (C=O) groups excluding carboxylic acids is 2. The van der Waals surface area contributed by atoms with E-state index >= 15 is 0 Å². The molecule has 0 aliphatic carbocycles. The van der Waals surface area contributed by atoms with E-state index < -0.39 is 6.04 Å². The molecule has 2 amide bonds. The average Bonchev–Trinajstić information content (AvgIpc) is 3.34. The largest absolute Gasteiger partial charge is 0.461 e. The van der Waals surface area contributed by atoms with Crippen LogP contribution in [-0.4, -0.2) is 46.1 Å². The molecule has 7 nitrogen and oxygen atoms in total. The maximum atomic E-state index is 12.7. The number of hydrogen-bond donors (Lipinski definition) is 1. The smallest absolute Gasteiger partial charge is 0.277 e. The Bertz CT molecular complexity index is 698. The van der Waals surface area contributed by atoms with Crippen LogP contribution >= 0.6 is 11.8 Å². The zero-order valence-electron chi connectivity index (χ0n) is 13.4. The molecule has 3 heterocycles. The molecule has 0 radical (unpaired) electrons. The summed E-state index contributed by atoms with van der Waals surface area (Å²) in [4.78, 5) is 26.5. The number of thioether (sulfide) groups is 1. The third-order valence-electron chi connectivity index (χ3n) is 3.77. The Labute approximate surface area is 143 Å². The molecule has 1 aliphatic rings. The van der Waals surface area contributed by atoms with Crippen LogP contribution < -0.4 is 5.32 Å². The molecule has 0 bridgehead atoms. The van der Waals surface area contributed by atoms with Gasteiger partial charge >= 0.3 is 0 Å². The Morgan fingerprint density at radius 1 is 1.46 bits per heavy atom. The monoisotopic (exact) mass is 349 g/mol. The molecule has 1 fully saturated rings. The van der Waals surface area contributed by atoms with Crippen LogP contribution in [0.3, 0.4) is 0 Å². The molecular formula is C16H19N3O4S. The quantitative estimate of drug-likeness (QED) is 0.806. The van der Waals surface area contributed by atoms with Gasteiger partial charge in [-0.05, 0) is 18.6 Å². The van der Waals surface area contributed by atoms with Crippen molar-refractivity contribution >= 4 is 23.6 Å². The fourth-order valence-electron chi connectivity index (χ4n) is 2.42. The van der Waals surface area contributed by atoms with Crippen molar-refractivity contribution in [3.8, 4) is 11.5 Å². The minimum atomic E-state index is -0.469. The zero-order valence-corrected chi connectivity index (χ0v) is 14.2. The lowest BCUT2D eigenvalue weighted by molar-refractivity contribution is -0.124. The number of furan rings is 1. The third kappa shape index (κ3) is 3.48. The fourth-order valence-corrected chi connectivity index (χ4v) is 3.58. The molecule has 1 N–H and O–H groups in total. The third-order valence-corrected chi connectivity index (χ3v) is 4.78. The molecule has 128 valence electrons. The summed E-state index contributed by atoms with van der Waals surface area (Å²) in [7, 11) is 0. The number of amides is 2. The van der Waals surface area contributed by atoms with Gasteiger partial charge in [0.15, 0.2) is 11.5 Å². The Kier molecular flexibility index (Phi) is 5.24. The van der Waals surface area contributed by atoms with Crippen molar-refractivity contribution in [2.45, 2.75) is 25.8 Å². The zero-order chi connectivity index (χ0) is 16.9. The molecule has 8 heteroatoms. The Morgan fingerprint density at radius 2 is 2.33 bits per heavy atom. The maximum Gasteiger partial charge on any atom is 0.277 e. The normalized spacial score (nSPS) is 17.2. The average molecular weight is 349 g/mol. The van der Waals surface area contributed by atoms with Gasteiger partial charge < -0.3 is 19.2 Å². The van der Waals surface area contributed by atoms with E-state index in [1.807, 2.05) is 0 Å². The van der Waals surface area contributed by atoms with Crippen molar-refractivity contribution in [1.29, 1.82) is 0 Å². The van der Waals surface area contributed by atoms with Crippen molar-refractivity contribution in [3.05, 3.63) is 30.2 Å². The van der Waals surface area contributed by atoms with Crippen molar-refractivity contribution in [3.63, 3.8) is 0 Å². The highest BCUT2D eigenvalue weighted by molar-refractivity contribution is 7.99. The van der Waals surface area contributed by atoms with Crippen LogP contribution in [-0.2, 0) is 4.79 Å². The summed E-state index contributed by atoms with van der Waals surface area (Å²) >= 11 is 1.55. The van der Waals surface area contributed by atoms with Crippen LogP contribution in [0, 0.1) is 0 Å². The Hall–Kier alpha value is -2.22.